The first-order valence-corrected chi connectivity index (χ1v) is 8.42. The Morgan fingerprint density at radius 1 is 1.08 bits per heavy atom. The minimum Gasteiger partial charge on any atom is -0.466 e. The van der Waals surface area contributed by atoms with E-state index in [0.29, 0.717) is 43.7 Å². The number of piperidine rings is 1. The number of hydrogen-bond acceptors (Lipinski definition) is 5. The molecule has 0 aliphatic carbocycles. The third-order valence-electron chi connectivity index (χ3n) is 4.64. The Bertz CT molecular complexity index is 687. The molecule has 3 amide bonds. The van der Waals surface area contributed by atoms with Crippen molar-refractivity contribution in [2.24, 2.45) is 5.92 Å². The van der Waals surface area contributed by atoms with Gasteiger partial charge in [0, 0.05) is 13.1 Å². The van der Waals surface area contributed by atoms with Crippen molar-refractivity contribution in [3.8, 4) is 0 Å². The third-order valence-corrected chi connectivity index (χ3v) is 4.64. The van der Waals surface area contributed by atoms with E-state index in [1.54, 1.807) is 36.1 Å². The van der Waals surface area contributed by atoms with Crippen molar-refractivity contribution in [1.29, 1.82) is 0 Å². The summed E-state index contributed by atoms with van der Waals surface area (Å²) >= 11 is 0. The van der Waals surface area contributed by atoms with Crippen LogP contribution < -0.4 is 0 Å². The largest absolute Gasteiger partial charge is 0.466 e. The van der Waals surface area contributed by atoms with Gasteiger partial charge in [0.1, 0.15) is 6.54 Å². The van der Waals surface area contributed by atoms with E-state index in [2.05, 4.69) is 0 Å². The van der Waals surface area contributed by atoms with Gasteiger partial charge in [-0.15, -0.1) is 0 Å². The summed E-state index contributed by atoms with van der Waals surface area (Å²) in [6, 6.07) is 6.56. The fourth-order valence-electron chi connectivity index (χ4n) is 3.24. The van der Waals surface area contributed by atoms with Crippen molar-refractivity contribution in [1.82, 2.24) is 9.80 Å². The van der Waals surface area contributed by atoms with E-state index in [-0.39, 0.29) is 24.3 Å². The summed E-state index contributed by atoms with van der Waals surface area (Å²) in [7, 11) is 0. The molecular weight excluding hydrogens is 324 g/mol. The van der Waals surface area contributed by atoms with Crippen LogP contribution in [0, 0.1) is 5.92 Å². The number of likely N-dealkylation sites (tertiary alicyclic amines) is 1. The molecule has 2 heterocycles. The molecule has 7 heteroatoms. The van der Waals surface area contributed by atoms with Gasteiger partial charge in [-0.3, -0.25) is 24.1 Å². The van der Waals surface area contributed by atoms with Gasteiger partial charge >= 0.3 is 5.97 Å². The highest BCUT2D eigenvalue weighted by molar-refractivity contribution is 6.22. The molecule has 0 saturated carbocycles. The third kappa shape index (κ3) is 3.26. The first-order valence-electron chi connectivity index (χ1n) is 8.42. The predicted octanol–water partition coefficient (Wildman–Crippen LogP) is 1.08. The van der Waals surface area contributed by atoms with Crippen LogP contribution in [0.2, 0.25) is 0 Å². The zero-order chi connectivity index (χ0) is 18.0. The molecule has 25 heavy (non-hydrogen) atoms. The highest BCUT2D eigenvalue weighted by atomic mass is 16.5. The standard InChI is InChI=1S/C18H20N2O5/c1-2-25-18(24)12-7-9-19(10-8-12)15(21)11-20-16(22)13-5-3-4-6-14(13)17(20)23/h3-6,12H,2,7-11H2,1H3. The molecule has 132 valence electrons. The molecule has 1 aromatic carbocycles. The average molecular weight is 344 g/mol. The molecule has 2 aliphatic rings. The first kappa shape index (κ1) is 17.1. The van der Waals surface area contributed by atoms with Gasteiger partial charge in [0.05, 0.1) is 23.7 Å². The predicted molar refractivity (Wildman–Crippen MR) is 87.7 cm³/mol. The van der Waals surface area contributed by atoms with Gasteiger partial charge in [0.25, 0.3) is 11.8 Å². The molecule has 0 unspecified atom stereocenters. The Labute approximate surface area is 145 Å². The van der Waals surface area contributed by atoms with Crippen LogP contribution in [-0.2, 0) is 14.3 Å². The topological polar surface area (TPSA) is 84.0 Å². The van der Waals surface area contributed by atoms with Gasteiger partial charge < -0.3 is 9.64 Å². The van der Waals surface area contributed by atoms with Gasteiger partial charge in [-0.1, -0.05) is 12.1 Å². The fourth-order valence-corrected chi connectivity index (χ4v) is 3.24. The van der Waals surface area contributed by atoms with E-state index >= 15 is 0 Å². The average Bonchev–Trinajstić information content (AvgIpc) is 2.87. The summed E-state index contributed by atoms with van der Waals surface area (Å²) in [5.74, 6) is -1.57. The molecule has 1 aromatic rings. The van der Waals surface area contributed by atoms with Crippen LogP contribution in [0.25, 0.3) is 0 Å². The number of amides is 3. The summed E-state index contributed by atoms with van der Waals surface area (Å²) in [4.78, 5) is 51.4. The molecular formula is C18H20N2O5. The van der Waals surface area contributed by atoms with Crippen molar-refractivity contribution in [3.63, 3.8) is 0 Å². The SMILES string of the molecule is CCOC(=O)C1CCN(C(=O)CN2C(=O)c3ccccc3C2=O)CC1. The lowest BCUT2D eigenvalue weighted by Crippen LogP contribution is -2.46. The number of benzene rings is 1. The number of imide groups is 1. The maximum absolute atomic E-state index is 12.5. The number of carbonyl (C=O) groups is 4. The second kappa shape index (κ2) is 7.04. The number of rotatable bonds is 4. The van der Waals surface area contributed by atoms with E-state index < -0.39 is 11.8 Å². The fraction of sp³-hybridized carbons (Fsp3) is 0.444. The lowest BCUT2D eigenvalue weighted by molar-refractivity contribution is -0.151. The Morgan fingerprint density at radius 2 is 1.64 bits per heavy atom. The number of fused-ring (bicyclic) bond motifs is 1. The quantitative estimate of drug-likeness (QED) is 0.603. The minimum atomic E-state index is -0.435. The molecule has 0 atom stereocenters. The molecule has 0 aromatic heterocycles. The molecule has 3 rings (SSSR count). The van der Waals surface area contributed by atoms with Crippen LogP contribution in [0.1, 0.15) is 40.5 Å². The van der Waals surface area contributed by atoms with Gasteiger partial charge in [0.2, 0.25) is 5.91 Å². The van der Waals surface area contributed by atoms with Crippen molar-refractivity contribution >= 4 is 23.7 Å². The lowest BCUT2D eigenvalue weighted by Gasteiger charge is -2.31. The van der Waals surface area contributed by atoms with Crippen LogP contribution in [0.15, 0.2) is 24.3 Å². The van der Waals surface area contributed by atoms with Crippen LogP contribution in [0.5, 0.6) is 0 Å². The molecule has 1 fully saturated rings. The zero-order valence-electron chi connectivity index (χ0n) is 14.1. The maximum Gasteiger partial charge on any atom is 0.309 e. The molecule has 0 N–H and O–H groups in total. The van der Waals surface area contributed by atoms with E-state index in [0.717, 1.165) is 4.90 Å². The van der Waals surface area contributed by atoms with E-state index in [1.165, 1.54) is 0 Å². The Balaban J connectivity index is 1.58. The van der Waals surface area contributed by atoms with Gasteiger partial charge in [-0.2, -0.15) is 0 Å². The summed E-state index contributed by atoms with van der Waals surface area (Å²) in [6.07, 6.45) is 1.07. The second-order valence-corrected chi connectivity index (χ2v) is 6.15. The molecule has 1 saturated heterocycles. The minimum absolute atomic E-state index is 0.191. The van der Waals surface area contributed by atoms with Crippen molar-refractivity contribution < 1.29 is 23.9 Å². The zero-order valence-corrected chi connectivity index (χ0v) is 14.1. The Hall–Kier alpha value is -2.70. The van der Waals surface area contributed by atoms with Crippen molar-refractivity contribution in [2.45, 2.75) is 19.8 Å². The van der Waals surface area contributed by atoms with E-state index in [4.69, 9.17) is 4.74 Å². The monoisotopic (exact) mass is 344 g/mol. The number of carbonyl (C=O) groups excluding carboxylic acids is 4. The Morgan fingerprint density at radius 3 is 2.16 bits per heavy atom. The summed E-state index contributed by atoms with van der Waals surface area (Å²) in [6.45, 7) is 2.68. The second-order valence-electron chi connectivity index (χ2n) is 6.15. The molecule has 0 spiro atoms. The summed E-state index contributed by atoms with van der Waals surface area (Å²) in [5, 5.41) is 0. The highest BCUT2D eigenvalue weighted by Gasteiger charge is 2.37. The van der Waals surface area contributed by atoms with Gasteiger partial charge in [-0.05, 0) is 31.9 Å². The number of hydrogen-bond donors (Lipinski definition) is 0. The number of nitrogens with zero attached hydrogens (tertiary/aromatic N) is 2. The molecule has 2 aliphatic heterocycles. The van der Waals surface area contributed by atoms with Gasteiger partial charge in [0.15, 0.2) is 0 Å². The van der Waals surface area contributed by atoms with Crippen LogP contribution in [-0.4, -0.2) is 59.7 Å². The van der Waals surface area contributed by atoms with Crippen molar-refractivity contribution in [3.05, 3.63) is 35.4 Å². The van der Waals surface area contributed by atoms with Crippen molar-refractivity contribution in [2.75, 3.05) is 26.2 Å². The van der Waals surface area contributed by atoms with Gasteiger partial charge in [-0.25, -0.2) is 0 Å². The smallest absolute Gasteiger partial charge is 0.309 e. The molecule has 7 nitrogen and oxygen atoms in total. The molecule has 0 radical (unpaired) electrons. The maximum atomic E-state index is 12.5. The number of esters is 1. The van der Waals surface area contributed by atoms with E-state index in [1.807, 2.05) is 0 Å². The lowest BCUT2D eigenvalue weighted by atomic mass is 9.97. The number of ether oxygens (including phenoxy) is 1. The molecule has 0 bridgehead atoms. The van der Waals surface area contributed by atoms with Crippen LogP contribution in [0.3, 0.4) is 0 Å². The van der Waals surface area contributed by atoms with Crippen LogP contribution in [0.4, 0.5) is 0 Å². The summed E-state index contributed by atoms with van der Waals surface area (Å²) in [5.41, 5.74) is 0.669. The van der Waals surface area contributed by atoms with Crippen LogP contribution >= 0.6 is 0 Å². The first-order chi connectivity index (χ1) is 12.0. The normalized spacial score (nSPS) is 17.6. The highest BCUT2D eigenvalue weighted by Crippen LogP contribution is 2.23. The van der Waals surface area contributed by atoms with E-state index in [9.17, 15) is 19.2 Å². The Kier molecular flexibility index (Phi) is 4.83. The summed E-state index contributed by atoms with van der Waals surface area (Å²) < 4.78 is 5.01.